The van der Waals surface area contributed by atoms with Crippen molar-refractivity contribution in [2.24, 2.45) is 0 Å². The van der Waals surface area contributed by atoms with E-state index in [0.717, 1.165) is 12.2 Å². The molecule has 1 aliphatic heterocycles. The summed E-state index contributed by atoms with van der Waals surface area (Å²) < 4.78 is 5.18. The number of hydrazine groups is 1. The molecule has 106 valence electrons. The summed E-state index contributed by atoms with van der Waals surface area (Å²) in [5, 5.41) is 2.39. The van der Waals surface area contributed by atoms with Gasteiger partial charge in [-0.3, -0.25) is 5.43 Å². The van der Waals surface area contributed by atoms with Crippen LogP contribution in [0.4, 0.5) is 0 Å². The molecule has 0 aliphatic carbocycles. The molecule has 0 amide bonds. The number of nitrogens with one attached hydrogen (secondary N) is 1. The van der Waals surface area contributed by atoms with Crippen LogP contribution in [0.25, 0.3) is 0 Å². The molecule has 1 heterocycles. The number of nitrogens with zero attached hydrogens (tertiary/aromatic N) is 1. The number of ether oxygens (including phenoxy) is 1. The zero-order valence-corrected chi connectivity index (χ0v) is 12.2. The van der Waals surface area contributed by atoms with Gasteiger partial charge in [0.1, 0.15) is 5.75 Å². The molecule has 1 aliphatic rings. The van der Waals surface area contributed by atoms with Crippen molar-refractivity contribution in [3.8, 4) is 5.75 Å². The fourth-order valence-electron chi connectivity index (χ4n) is 2.57. The van der Waals surface area contributed by atoms with Gasteiger partial charge in [-0.1, -0.05) is 18.6 Å². The van der Waals surface area contributed by atoms with Crippen molar-refractivity contribution in [2.45, 2.75) is 45.1 Å². The van der Waals surface area contributed by atoms with E-state index < -0.39 is 0 Å². The maximum absolute atomic E-state index is 5.18. The summed E-state index contributed by atoms with van der Waals surface area (Å²) in [4.78, 5) is 0. The van der Waals surface area contributed by atoms with Gasteiger partial charge in [-0.05, 0) is 50.3 Å². The van der Waals surface area contributed by atoms with Crippen LogP contribution >= 0.6 is 0 Å². The summed E-state index contributed by atoms with van der Waals surface area (Å²) in [7, 11) is 1.71. The summed E-state index contributed by atoms with van der Waals surface area (Å²) in [6.45, 7) is 4.68. The van der Waals surface area contributed by atoms with E-state index in [4.69, 9.17) is 4.74 Å². The Labute approximate surface area is 116 Å². The van der Waals surface area contributed by atoms with E-state index in [-0.39, 0.29) is 0 Å². The zero-order chi connectivity index (χ0) is 13.5. The second-order valence-corrected chi connectivity index (χ2v) is 5.46. The van der Waals surface area contributed by atoms with E-state index in [1.807, 2.05) is 12.1 Å². The summed E-state index contributed by atoms with van der Waals surface area (Å²) >= 11 is 0. The maximum atomic E-state index is 5.18. The molecule has 1 atom stereocenters. The zero-order valence-electron chi connectivity index (χ0n) is 12.2. The lowest BCUT2D eigenvalue weighted by Crippen LogP contribution is -2.46. The van der Waals surface area contributed by atoms with Gasteiger partial charge in [0.15, 0.2) is 0 Å². The predicted octanol–water partition coefficient (Wildman–Crippen LogP) is 3.01. The van der Waals surface area contributed by atoms with E-state index in [1.54, 1.807) is 7.11 Å². The Balaban J connectivity index is 1.71. The molecular formula is C16H26N2O. The minimum atomic E-state index is 0.542. The molecule has 0 spiro atoms. The molecule has 0 saturated carbocycles. The first kappa shape index (κ1) is 14.4. The van der Waals surface area contributed by atoms with E-state index in [0.29, 0.717) is 6.04 Å². The second kappa shape index (κ2) is 7.51. The number of hydrogen-bond donors (Lipinski definition) is 1. The number of aryl methyl sites for hydroxylation is 1. The highest BCUT2D eigenvalue weighted by Crippen LogP contribution is 2.13. The third kappa shape index (κ3) is 4.84. The number of benzene rings is 1. The molecule has 0 aromatic heterocycles. The molecule has 1 unspecified atom stereocenters. The van der Waals surface area contributed by atoms with E-state index in [9.17, 15) is 0 Å². The lowest BCUT2D eigenvalue weighted by Gasteiger charge is -2.30. The van der Waals surface area contributed by atoms with Gasteiger partial charge in [-0.25, -0.2) is 5.01 Å². The molecule has 1 aromatic carbocycles. The molecule has 0 radical (unpaired) electrons. The Bertz CT molecular complexity index is 358. The van der Waals surface area contributed by atoms with Crippen molar-refractivity contribution in [3.05, 3.63) is 29.8 Å². The van der Waals surface area contributed by atoms with Gasteiger partial charge < -0.3 is 4.74 Å². The van der Waals surface area contributed by atoms with Crippen LogP contribution in [0.15, 0.2) is 24.3 Å². The minimum Gasteiger partial charge on any atom is -0.497 e. The largest absolute Gasteiger partial charge is 0.497 e. The van der Waals surface area contributed by atoms with Crippen molar-refractivity contribution in [2.75, 3.05) is 20.2 Å². The third-order valence-electron chi connectivity index (χ3n) is 3.78. The standard InChI is InChI=1S/C16H26N2O/c1-14(17-18-12-4-3-5-13-18)6-7-15-8-10-16(19-2)11-9-15/h8-11,14,17H,3-7,12-13H2,1-2H3. The third-order valence-corrected chi connectivity index (χ3v) is 3.78. The Morgan fingerprint density at radius 2 is 1.84 bits per heavy atom. The molecular weight excluding hydrogens is 236 g/mol. The number of hydrogen-bond acceptors (Lipinski definition) is 3. The average molecular weight is 262 g/mol. The van der Waals surface area contributed by atoms with Crippen molar-refractivity contribution in [1.82, 2.24) is 10.4 Å². The second-order valence-electron chi connectivity index (χ2n) is 5.46. The molecule has 3 heteroatoms. The van der Waals surface area contributed by atoms with Crippen LogP contribution in [-0.4, -0.2) is 31.3 Å². The van der Waals surface area contributed by atoms with E-state index in [2.05, 4.69) is 29.5 Å². The number of methoxy groups -OCH3 is 1. The fourth-order valence-corrected chi connectivity index (χ4v) is 2.57. The molecule has 1 fully saturated rings. The van der Waals surface area contributed by atoms with Gasteiger partial charge >= 0.3 is 0 Å². The molecule has 1 saturated heterocycles. The van der Waals surface area contributed by atoms with Crippen LogP contribution in [-0.2, 0) is 6.42 Å². The van der Waals surface area contributed by atoms with Crippen LogP contribution in [0, 0.1) is 0 Å². The van der Waals surface area contributed by atoms with Crippen LogP contribution in [0.5, 0.6) is 5.75 Å². The van der Waals surface area contributed by atoms with Crippen molar-refractivity contribution in [3.63, 3.8) is 0 Å². The van der Waals surface area contributed by atoms with Crippen molar-refractivity contribution < 1.29 is 4.74 Å². The Morgan fingerprint density at radius 1 is 1.16 bits per heavy atom. The summed E-state index contributed by atoms with van der Waals surface area (Å²) in [6.07, 6.45) is 6.34. The molecule has 19 heavy (non-hydrogen) atoms. The molecule has 1 N–H and O–H groups in total. The van der Waals surface area contributed by atoms with E-state index in [1.165, 1.54) is 44.3 Å². The SMILES string of the molecule is COc1ccc(CCC(C)NN2CCCCC2)cc1. The van der Waals surface area contributed by atoms with Gasteiger partial charge in [0, 0.05) is 19.1 Å². The Kier molecular flexibility index (Phi) is 5.67. The number of rotatable bonds is 6. The first-order chi connectivity index (χ1) is 9.28. The minimum absolute atomic E-state index is 0.542. The first-order valence-corrected chi connectivity index (χ1v) is 7.42. The van der Waals surface area contributed by atoms with Crippen LogP contribution < -0.4 is 10.2 Å². The molecule has 2 rings (SSSR count). The lowest BCUT2D eigenvalue weighted by molar-refractivity contribution is 0.130. The van der Waals surface area contributed by atoms with Gasteiger partial charge in [-0.2, -0.15) is 0 Å². The van der Waals surface area contributed by atoms with Gasteiger partial charge in [0.2, 0.25) is 0 Å². The topological polar surface area (TPSA) is 24.5 Å². The highest BCUT2D eigenvalue weighted by molar-refractivity contribution is 5.27. The monoisotopic (exact) mass is 262 g/mol. The highest BCUT2D eigenvalue weighted by atomic mass is 16.5. The van der Waals surface area contributed by atoms with E-state index >= 15 is 0 Å². The fraction of sp³-hybridized carbons (Fsp3) is 0.625. The average Bonchev–Trinajstić information content (AvgIpc) is 2.47. The number of piperidine rings is 1. The highest BCUT2D eigenvalue weighted by Gasteiger charge is 2.12. The summed E-state index contributed by atoms with van der Waals surface area (Å²) in [5.41, 5.74) is 5.00. The lowest BCUT2D eigenvalue weighted by atomic mass is 10.1. The first-order valence-electron chi connectivity index (χ1n) is 7.42. The van der Waals surface area contributed by atoms with Crippen LogP contribution in [0.1, 0.15) is 38.2 Å². The van der Waals surface area contributed by atoms with Gasteiger partial charge in [-0.15, -0.1) is 0 Å². The predicted molar refractivity (Wildman–Crippen MR) is 79.3 cm³/mol. The quantitative estimate of drug-likeness (QED) is 0.853. The Hall–Kier alpha value is -1.06. The van der Waals surface area contributed by atoms with Crippen LogP contribution in [0.2, 0.25) is 0 Å². The molecule has 3 nitrogen and oxygen atoms in total. The molecule has 0 bridgehead atoms. The summed E-state index contributed by atoms with van der Waals surface area (Å²) in [6, 6.07) is 8.94. The molecule has 1 aromatic rings. The summed E-state index contributed by atoms with van der Waals surface area (Å²) in [5.74, 6) is 0.934. The van der Waals surface area contributed by atoms with Crippen molar-refractivity contribution in [1.29, 1.82) is 0 Å². The van der Waals surface area contributed by atoms with Crippen molar-refractivity contribution >= 4 is 0 Å². The van der Waals surface area contributed by atoms with Gasteiger partial charge in [0.05, 0.1) is 7.11 Å². The normalized spacial score (nSPS) is 18.2. The Morgan fingerprint density at radius 3 is 2.47 bits per heavy atom. The van der Waals surface area contributed by atoms with Crippen LogP contribution in [0.3, 0.4) is 0 Å². The van der Waals surface area contributed by atoms with Gasteiger partial charge in [0.25, 0.3) is 0 Å². The maximum Gasteiger partial charge on any atom is 0.118 e. The smallest absolute Gasteiger partial charge is 0.118 e.